The molecule has 162 valence electrons. The molecule has 3 rings (SSSR count). The van der Waals surface area contributed by atoms with Crippen LogP contribution in [0.15, 0.2) is 36.4 Å². The first-order valence-electron chi connectivity index (χ1n) is 10.5. The van der Waals surface area contributed by atoms with E-state index < -0.39 is 0 Å². The predicted molar refractivity (Wildman–Crippen MR) is 120 cm³/mol. The summed E-state index contributed by atoms with van der Waals surface area (Å²) in [6.45, 7) is 10.6. The van der Waals surface area contributed by atoms with Gasteiger partial charge in [-0.2, -0.15) is 0 Å². The summed E-state index contributed by atoms with van der Waals surface area (Å²) in [5, 5.41) is 3.03. The van der Waals surface area contributed by atoms with E-state index in [-0.39, 0.29) is 11.9 Å². The molecule has 2 aromatic rings. The maximum absolute atomic E-state index is 12.7. The number of nitrogens with zero attached hydrogens (tertiary/aromatic N) is 2. The minimum atomic E-state index is -0.156. The van der Waals surface area contributed by atoms with Crippen LogP contribution in [0.2, 0.25) is 0 Å². The zero-order valence-electron chi connectivity index (χ0n) is 18.7. The van der Waals surface area contributed by atoms with E-state index in [1.807, 2.05) is 44.2 Å². The fourth-order valence-electron chi connectivity index (χ4n) is 3.79. The third-order valence-electron chi connectivity index (χ3n) is 5.89. The second-order valence-corrected chi connectivity index (χ2v) is 7.98. The smallest absolute Gasteiger partial charge is 0.241 e. The van der Waals surface area contributed by atoms with Crippen LogP contribution in [0.4, 0.5) is 5.69 Å². The van der Waals surface area contributed by atoms with Crippen LogP contribution in [0.25, 0.3) is 0 Å². The molecule has 6 heteroatoms. The van der Waals surface area contributed by atoms with E-state index in [0.717, 1.165) is 49.9 Å². The highest BCUT2D eigenvalue weighted by molar-refractivity contribution is 5.94. The summed E-state index contributed by atoms with van der Waals surface area (Å²) in [5.74, 6) is 1.57. The lowest BCUT2D eigenvalue weighted by Gasteiger charge is -2.37. The van der Waals surface area contributed by atoms with Crippen LogP contribution in [0, 0.1) is 13.8 Å². The van der Waals surface area contributed by atoms with Crippen molar-refractivity contribution >= 4 is 11.6 Å². The summed E-state index contributed by atoms with van der Waals surface area (Å²) in [7, 11) is 3.32. The van der Waals surface area contributed by atoms with E-state index in [4.69, 9.17) is 9.47 Å². The molecule has 1 aliphatic heterocycles. The Labute approximate surface area is 179 Å². The van der Waals surface area contributed by atoms with Gasteiger partial charge in [0, 0.05) is 38.4 Å². The molecule has 1 atom stereocenters. The molecule has 0 bridgehead atoms. The predicted octanol–water partition coefficient (Wildman–Crippen LogP) is 3.47. The second-order valence-electron chi connectivity index (χ2n) is 7.98. The van der Waals surface area contributed by atoms with Crippen LogP contribution >= 0.6 is 0 Å². The minimum absolute atomic E-state index is 0.0445. The average Bonchev–Trinajstić information content (AvgIpc) is 2.76. The Balaban J connectivity index is 1.54. The van der Waals surface area contributed by atoms with Crippen molar-refractivity contribution in [1.82, 2.24) is 9.80 Å². The van der Waals surface area contributed by atoms with Gasteiger partial charge >= 0.3 is 0 Å². The van der Waals surface area contributed by atoms with Crippen molar-refractivity contribution < 1.29 is 14.3 Å². The normalized spacial score (nSPS) is 16.2. The van der Waals surface area contributed by atoms with Gasteiger partial charge in [-0.25, -0.2) is 0 Å². The first-order chi connectivity index (χ1) is 14.4. The molecule has 0 aliphatic carbocycles. The Kier molecular flexibility index (Phi) is 7.34. The van der Waals surface area contributed by atoms with E-state index in [1.54, 1.807) is 14.2 Å². The van der Waals surface area contributed by atoms with Gasteiger partial charge < -0.3 is 14.8 Å². The van der Waals surface area contributed by atoms with Gasteiger partial charge in [-0.3, -0.25) is 14.6 Å². The van der Waals surface area contributed by atoms with Crippen molar-refractivity contribution in [3.8, 4) is 11.5 Å². The van der Waals surface area contributed by atoms with Gasteiger partial charge in [0.2, 0.25) is 5.91 Å². The maximum atomic E-state index is 12.7. The van der Waals surface area contributed by atoms with Crippen molar-refractivity contribution in [3.63, 3.8) is 0 Å². The molecule has 0 radical (unpaired) electrons. The number of aryl methyl sites for hydroxylation is 2. The number of hydrogen-bond acceptors (Lipinski definition) is 5. The molecular formula is C24H33N3O3. The lowest BCUT2D eigenvalue weighted by molar-refractivity contribution is -0.121. The van der Waals surface area contributed by atoms with Crippen LogP contribution in [0.3, 0.4) is 0 Å². The Morgan fingerprint density at radius 2 is 1.60 bits per heavy atom. The van der Waals surface area contributed by atoms with Gasteiger partial charge in [-0.05, 0) is 56.2 Å². The molecule has 0 spiro atoms. The third kappa shape index (κ3) is 5.32. The summed E-state index contributed by atoms with van der Waals surface area (Å²) < 4.78 is 10.8. The van der Waals surface area contributed by atoms with Gasteiger partial charge in [-0.1, -0.05) is 17.7 Å². The van der Waals surface area contributed by atoms with E-state index in [9.17, 15) is 4.79 Å². The second kappa shape index (κ2) is 9.96. The molecule has 0 aromatic heterocycles. The summed E-state index contributed by atoms with van der Waals surface area (Å²) in [5.41, 5.74) is 4.47. The number of carbonyl (C=O) groups excluding carboxylic acids is 1. The SMILES string of the molecule is COc1cc(C)c(CN2CCN([C@@H](C)C(=O)Nc3ccc(C)cc3)CC2)cc1OC. The zero-order chi connectivity index (χ0) is 21.7. The Hall–Kier alpha value is -2.57. The number of ether oxygens (including phenoxy) is 2. The van der Waals surface area contributed by atoms with Crippen LogP contribution in [-0.2, 0) is 11.3 Å². The van der Waals surface area contributed by atoms with Crippen LogP contribution < -0.4 is 14.8 Å². The summed E-state index contributed by atoms with van der Waals surface area (Å²) >= 11 is 0. The first kappa shape index (κ1) is 22.1. The minimum Gasteiger partial charge on any atom is -0.493 e. The lowest BCUT2D eigenvalue weighted by atomic mass is 10.1. The monoisotopic (exact) mass is 411 g/mol. The lowest BCUT2D eigenvalue weighted by Crippen LogP contribution is -2.52. The molecule has 1 aliphatic rings. The van der Waals surface area contributed by atoms with Gasteiger partial charge in [0.25, 0.3) is 0 Å². The average molecular weight is 412 g/mol. The Bertz CT molecular complexity index is 859. The number of rotatable bonds is 7. The van der Waals surface area contributed by atoms with Crippen molar-refractivity contribution in [1.29, 1.82) is 0 Å². The number of nitrogens with one attached hydrogen (secondary N) is 1. The van der Waals surface area contributed by atoms with Crippen LogP contribution in [-0.4, -0.2) is 62.1 Å². The Morgan fingerprint density at radius 1 is 1.00 bits per heavy atom. The van der Waals surface area contributed by atoms with Crippen molar-refractivity contribution in [2.45, 2.75) is 33.4 Å². The third-order valence-corrected chi connectivity index (χ3v) is 5.89. The molecule has 1 N–H and O–H groups in total. The number of amides is 1. The quantitative estimate of drug-likeness (QED) is 0.756. The Morgan fingerprint density at radius 3 is 2.20 bits per heavy atom. The van der Waals surface area contributed by atoms with Crippen LogP contribution in [0.5, 0.6) is 11.5 Å². The molecule has 30 heavy (non-hydrogen) atoms. The molecular weight excluding hydrogens is 378 g/mol. The molecule has 0 unspecified atom stereocenters. The highest BCUT2D eigenvalue weighted by Crippen LogP contribution is 2.31. The van der Waals surface area contributed by atoms with Gasteiger partial charge in [0.05, 0.1) is 20.3 Å². The topological polar surface area (TPSA) is 54.0 Å². The molecule has 6 nitrogen and oxygen atoms in total. The number of hydrogen-bond donors (Lipinski definition) is 1. The number of anilines is 1. The van der Waals surface area contributed by atoms with E-state index in [1.165, 1.54) is 16.7 Å². The summed E-state index contributed by atoms with van der Waals surface area (Å²) in [4.78, 5) is 17.3. The molecule has 1 fully saturated rings. The number of benzene rings is 2. The van der Waals surface area contributed by atoms with Crippen molar-refractivity contribution in [2.24, 2.45) is 0 Å². The highest BCUT2D eigenvalue weighted by Gasteiger charge is 2.26. The number of piperazine rings is 1. The summed E-state index contributed by atoms with van der Waals surface area (Å²) in [6.07, 6.45) is 0. The van der Waals surface area contributed by atoms with Crippen LogP contribution in [0.1, 0.15) is 23.6 Å². The largest absolute Gasteiger partial charge is 0.493 e. The standard InChI is InChI=1S/C24H33N3O3/c1-17-6-8-21(9-7-17)25-24(28)19(3)27-12-10-26(11-13-27)16-20-15-23(30-5)22(29-4)14-18(20)2/h6-9,14-15,19H,10-13,16H2,1-5H3,(H,25,28)/t19-/m0/s1. The van der Waals surface area contributed by atoms with E-state index in [0.29, 0.717) is 0 Å². The fraction of sp³-hybridized carbons (Fsp3) is 0.458. The molecule has 0 saturated carbocycles. The molecule has 1 amide bonds. The van der Waals surface area contributed by atoms with Gasteiger partial charge in [-0.15, -0.1) is 0 Å². The molecule has 1 saturated heterocycles. The van der Waals surface area contributed by atoms with E-state index in [2.05, 4.69) is 28.1 Å². The zero-order valence-corrected chi connectivity index (χ0v) is 18.7. The molecule has 1 heterocycles. The van der Waals surface area contributed by atoms with Crippen molar-refractivity contribution in [2.75, 3.05) is 45.7 Å². The summed E-state index contributed by atoms with van der Waals surface area (Å²) in [6, 6.07) is 11.9. The van der Waals surface area contributed by atoms with Crippen molar-refractivity contribution in [3.05, 3.63) is 53.1 Å². The highest BCUT2D eigenvalue weighted by atomic mass is 16.5. The molecule has 2 aromatic carbocycles. The fourth-order valence-corrected chi connectivity index (χ4v) is 3.79. The van der Waals surface area contributed by atoms with E-state index >= 15 is 0 Å². The van der Waals surface area contributed by atoms with Gasteiger partial charge in [0.15, 0.2) is 11.5 Å². The maximum Gasteiger partial charge on any atom is 0.241 e. The van der Waals surface area contributed by atoms with Gasteiger partial charge in [0.1, 0.15) is 0 Å². The number of carbonyl (C=O) groups is 1. The number of methoxy groups -OCH3 is 2. The first-order valence-corrected chi connectivity index (χ1v) is 10.5.